The smallest absolute Gasteiger partial charge is 0.153 e. The molecule has 0 aromatic heterocycles. The molecule has 5 heteroatoms. The van der Waals surface area contributed by atoms with E-state index in [4.69, 9.17) is 0 Å². The van der Waals surface area contributed by atoms with Crippen molar-refractivity contribution in [2.75, 3.05) is 31.1 Å². The summed E-state index contributed by atoms with van der Waals surface area (Å²) in [6, 6.07) is 0.392. The van der Waals surface area contributed by atoms with Crippen molar-refractivity contribution in [3.05, 3.63) is 0 Å². The lowest BCUT2D eigenvalue weighted by Crippen LogP contribution is -2.46. The van der Waals surface area contributed by atoms with Crippen LogP contribution >= 0.6 is 0 Å². The lowest BCUT2D eigenvalue weighted by atomic mass is 10.1. The molecule has 0 amide bonds. The molecule has 94 valence electrons. The number of nitrogens with zero attached hydrogens (tertiary/aromatic N) is 1. The molecule has 2 heterocycles. The van der Waals surface area contributed by atoms with Crippen LogP contribution < -0.4 is 5.32 Å². The van der Waals surface area contributed by atoms with Gasteiger partial charge in [-0.25, -0.2) is 8.42 Å². The summed E-state index contributed by atoms with van der Waals surface area (Å²) in [5, 5.41) is 3.38. The van der Waals surface area contributed by atoms with Gasteiger partial charge in [0, 0.05) is 12.1 Å². The molecule has 0 saturated carbocycles. The number of sulfone groups is 1. The van der Waals surface area contributed by atoms with E-state index in [1.54, 1.807) is 0 Å². The molecule has 2 unspecified atom stereocenters. The first kappa shape index (κ1) is 12.3. The van der Waals surface area contributed by atoms with Gasteiger partial charge in [-0.3, -0.25) is 4.90 Å². The predicted molar refractivity (Wildman–Crippen MR) is 65.3 cm³/mol. The average molecular weight is 246 g/mol. The van der Waals surface area contributed by atoms with Crippen molar-refractivity contribution in [3.8, 4) is 0 Å². The minimum atomic E-state index is -2.81. The van der Waals surface area contributed by atoms with Gasteiger partial charge < -0.3 is 5.32 Å². The first-order valence-corrected chi connectivity index (χ1v) is 8.12. The molecule has 2 aliphatic heterocycles. The second kappa shape index (κ2) is 5.02. The minimum Gasteiger partial charge on any atom is -0.311 e. The van der Waals surface area contributed by atoms with Gasteiger partial charge >= 0.3 is 0 Å². The largest absolute Gasteiger partial charge is 0.311 e. The summed E-state index contributed by atoms with van der Waals surface area (Å²) in [7, 11) is -2.81. The van der Waals surface area contributed by atoms with Gasteiger partial charge in [-0.15, -0.1) is 0 Å². The Morgan fingerprint density at radius 2 is 2.19 bits per heavy atom. The number of hydrogen-bond acceptors (Lipinski definition) is 4. The minimum absolute atomic E-state index is 0.171. The number of nitrogens with one attached hydrogen (secondary N) is 1. The van der Waals surface area contributed by atoms with E-state index < -0.39 is 9.84 Å². The third-order valence-corrected chi connectivity index (χ3v) is 5.34. The van der Waals surface area contributed by atoms with Gasteiger partial charge in [-0.1, -0.05) is 13.3 Å². The molecule has 0 aromatic rings. The molecule has 4 nitrogen and oxygen atoms in total. The monoisotopic (exact) mass is 246 g/mol. The molecular weight excluding hydrogens is 224 g/mol. The normalized spacial score (nSPS) is 34.6. The fourth-order valence-electron chi connectivity index (χ4n) is 2.76. The molecule has 0 radical (unpaired) electrons. The van der Waals surface area contributed by atoms with Crippen molar-refractivity contribution in [2.45, 2.75) is 38.3 Å². The quantitative estimate of drug-likeness (QED) is 0.775. The highest BCUT2D eigenvalue weighted by Crippen LogP contribution is 2.21. The Hall–Kier alpha value is -0.130. The van der Waals surface area contributed by atoms with Crippen LogP contribution in [0.25, 0.3) is 0 Å². The van der Waals surface area contributed by atoms with Crippen LogP contribution in [0.15, 0.2) is 0 Å². The van der Waals surface area contributed by atoms with Crippen LogP contribution in [0.3, 0.4) is 0 Å². The molecule has 0 bridgehead atoms. The maximum absolute atomic E-state index is 11.7. The summed E-state index contributed by atoms with van der Waals surface area (Å²) in [4.78, 5) is 2.39. The molecular formula is C11H22N2O2S. The van der Waals surface area contributed by atoms with Crippen molar-refractivity contribution in [1.29, 1.82) is 0 Å². The highest BCUT2D eigenvalue weighted by Gasteiger charge is 2.41. The van der Waals surface area contributed by atoms with Crippen LogP contribution in [0.2, 0.25) is 0 Å². The van der Waals surface area contributed by atoms with Gasteiger partial charge in [0.25, 0.3) is 0 Å². The summed E-state index contributed by atoms with van der Waals surface area (Å²) >= 11 is 0. The third kappa shape index (κ3) is 2.76. The number of rotatable bonds is 3. The van der Waals surface area contributed by atoms with E-state index in [1.165, 1.54) is 12.8 Å². The summed E-state index contributed by atoms with van der Waals surface area (Å²) < 4.78 is 23.3. The lowest BCUT2D eigenvalue weighted by molar-refractivity contribution is 0.204. The van der Waals surface area contributed by atoms with E-state index in [0.29, 0.717) is 11.5 Å². The Kier molecular flexibility index (Phi) is 3.87. The molecule has 2 saturated heterocycles. The molecule has 0 aliphatic carbocycles. The van der Waals surface area contributed by atoms with Crippen LogP contribution in [0.4, 0.5) is 0 Å². The molecule has 0 spiro atoms. The SMILES string of the molecule is CCCCN1CCCNC2CS(=O)(=O)CC21. The van der Waals surface area contributed by atoms with Crippen molar-refractivity contribution in [1.82, 2.24) is 10.2 Å². The fraction of sp³-hybridized carbons (Fsp3) is 1.00. The van der Waals surface area contributed by atoms with Gasteiger partial charge in [0.15, 0.2) is 9.84 Å². The Morgan fingerprint density at radius 1 is 1.38 bits per heavy atom. The molecule has 2 aliphatic rings. The average Bonchev–Trinajstić information content (AvgIpc) is 2.42. The third-order valence-electron chi connectivity index (χ3n) is 3.62. The second-order valence-corrected chi connectivity index (χ2v) is 7.10. The number of unbranched alkanes of at least 4 members (excludes halogenated alkanes) is 1. The van der Waals surface area contributed by atoms with Crippen LogP contribution in [0.1, 0.15) is 26.2 Å². The van der Waals surface area contributed by atoms with E-state index >= 15 is 0 Å². The Labute approximate surface area is 98.3 Å². The number of fused-ring (bicyclic) bond motifs is 1. The van der Waals surface area contributed by atoms with Crippen LogP contribution in [-0.2, 0) is 9.84 Å². The lowest BCUT2D eigenvalue weighted by Gasteiger charge is -2.29. The zero-order valence-electron chi connectivity index (χ0n) is 9.98. The zero-order valence-corrected chi connectivity index (χ0v) is 10.8. The molecule has 0 aromatic carbocycles. The van der Waals surface area contributed by atoms with Gasteiger partial charge in [0.2, 0.25) is 0 Å². The Morgan fingerprint density at radius 3 is 2.94 bits per heavy atom. The van der Waals surface area contributed by atoms with E-state index in [1.807, 2.05) is 0 Å². The first-order chi connectivity index (χ1) is 7.62. The molecule has 2 atom stereocenters. The summed E-state index contributed by atoms with van der Waals surface area (Å²) in [6.45, 7) is 5.23. The van der Waals surface area contributed by atoms with Crippen molar-refractivity contribution >= 4 is 9.84 Å². The van der Waals surface area contributed by atoms with E-state index in [9.17, 15) is 8.42 Å². The molecule has 16 heavy (non-hydrogen) atoms. The number of hydrogen-bond donors (Lipinski definition) is 1. The first-order valence-electron chi connectivity index (χ1n) is 6.30. The zero-order chi connectivity index (χ0) is 11.6. The molecule has 2 fully saturated rings. The maximum atomic E-state index is 11.7. The Bertz CT molecular complexity index is 329. The van der Waals surface area contributed by atoms with Gasteiger partial charge in [-0.2, -0.15) is 0 Å². The van der Waals surface area contributed by atoms with Gasteiger partial charge in [0.05, 0.1) is 11.5 Å². The van der Waals surface area contributed by atoms with Crippen LogP contribution in [0.5, 0.6) is 0 Å². The van der Waals surface area contributed by atoms with Gasteiger partial charge in [-0.05, 0) is 32.5 Å². The van der Waals surface area contributed by atoms with E-state index in [0.717, 1.165) is 26.1 Å². The van der Waals surface area contributed by atoms with E-state index in [-0.39, 0.29) is 12.1 Å². The summed E-state index contributed by atoms with van der Waals surface area (Å²) in [5.41, 5.74) is 0. The second-order valence-electron chi connectivity index (χ2n) is 4.95. The molecule has 2 rings (SSSR count). The highest BCUT2D eigenvalue weighted by molar-refractivity contribution is 7.91. The van der Waals surface area contributed by atoms with Crippen molar-refractivity contribution in [2.24, 2.45) is 0 Å². The van der Waals surface area contributed by atoms with Crippen molar-refractivity contribution in [3.63, 3.8) is 0 Å². The van der Waals surface area contributed by atoms with E-state index in [2.05, 4.69) is 17.1 Å². The summed E-state index contributed by atoms with van der Waals surface area (Å²) in [6.07, 6.45) is 3.48. The Balaban J connectivity index is 2.06. The van der Waals surface area contributed by atoms with Crippen LogP contribution in [-0.4, -0.2) is 56.5 Å². The predicted octanol–water partition coefficient (Wildman–Crippen LogP) is 0.247. The molecule has 1 N–H and O–H groups in total. The standard InChI is InChI=1S/C11H22N2O2S/c1-2-3-6-13-7-4-5-12-10-8-16(14,15)9-11(10)13/h10-12H,2-9H2,1H3. The van der Waals surface area contributed by atoms with Crippen molar-refractivity contribution < 1.29 is 8.42 Å². The topological polar surface area (TPSA) is 49.4 Å². The maximum Gasteiger partial charge on any atom is 0.153 e. The summed E-state index contributed by atoms with van der Waals surface area (Å²) in [5.74, 6) is 0.689. The van der Waals surface area contributed by atoms with Gasteiger partial charge in [0.1, 0.15) is 0 Å². The fourth-order valence-corrected chi connectivity index (χ4v) is 4.74. The highest BCUT2D eigenvalue weighted by atomic mass is 32.2. The van der Waals surface area contributed by atoms with Crippen LogP contribution in [0, 0.1) is 0 Å².